The molecular formula is C13H19F3N4. The van der Waals surface area contributed by atoms with Crippen LogP contribution in [0.15, 0.2) is 0 Å². The molecule has 7 heteroatoms. The Labute approximate surface area is 116 Å². The highest BCUT2D eigenvalue weighted by atomic mass is 19.4. The molecule has 0 bridgehead atoms. The van der Waals surface area contributed by atoms with Crippen LogP contribution in [0, 0.1) is 6.92 Å². The third-order valence-electron chi connectivity index (χ3n) is 3.30. The van der Waals surface area contributed by atoms with Gasteiger partial charge in [0.25, 0.3) is 0 Å². The predicted octanol–water partition coefficient (Wildman–Crippen LogP) is 3.02. The van der Waals surface area contributed by atoms with Crippen molar-refractivity contribution in [3.8, 4) is 0 Å². The van der Waals surface area contributed by atoms with Gasteiger partial charge in [0.1, 0.15) is 24.0 Å². The van der Waals surface area contributed by atoms with E-state index in [-0.39, 0.29) is 17.8 Å². The van der Waals surface area contributed by atoms with E-state index < -0.39 is 12.7 Å². The first-order valence-corrected chi connectivity index (χ1v) is 6.66. The highest BCUT2D eigenvalue weighted by molar-refractivity contribution is 5.58. The summed E-state index contributed by atoms with van der Waals surface area (Å²) in [6, 6.07) is -0.0929. The molecule has 1 aliphatic rings. The van der Waals surface area contributed by atoms with Crippen LogP contribution in [0.2, 0.25) is 0 Å². The van der Waals surface area contributed by atoms with Gasteiger partial charge in [0, 0.05) is 17.5 Å². The average Bonchev–Trinajstić information content (AvgIpc) is 3.12. The summed E-state index contributed by atoms with van der Waals surface area (Å²) in [5.41, 5.74) is 6.34. The Morgan fingerprint density at radius 2 is 1.90 bits per heavy atom. The minimum Gasteiger partial charge on any atom is -0.383 e. The van der Waals surface area contributed by atoms with Gasteiger partial charge in [0.2, 0.25) is 0 Å². The number of nitrogen functional groups attached to an aromatic ring is 1. The number of aromatic nitrogens is 2. The average molecular weight is 288 g/mol. The highest BCUT2D eigenvalue weighted by Gasteiger charge is 2.39. The summed E-state index contributed by atoms with van der Waals surface area (Å²) in [7, 11) is 0. The molecule has 1 saturated carbocycles. The van der Waals surface area contributed by atoms with E-state index >= 15 is 0 Å². The Bertz CT molecular complexity index is 495. The van der Waals surface area contributed by atoms with Crippen molar-refractivity contribution in [2.24, 2.45) is 0 Å². The molecule has 0 aliphatic heterocycles. The van der Waals surface area contributed by atoms with E-state index in [9.17, 15) is 13.2 Å². The molecule has 20 heavy (non-hydrogen) atoms. The first-order chi connectivity index (χ1) is 9.19. The lowest BCUT2D eigenvalue weighted by molar-refractivity contribution is -0.120. The van der Waals surface area contributed by atoms with Crippen LogP contribution in [0.1, 0.15) is 44.0 Å². The molecule has 112 valence electrons. The van der Waals surface area contributed by atoms with Crippen molar-refractivity contribution in [3.63, 3.8) is 0 Å². The number of halogens is 3. The summed E-state index contributed by atoms with van der Waals surface area (Å²) in [5.74, 6) is 1.08. The predicted molar refractivity (Wildman–Crippen MR) is 71.7 cm³/mol. The molecule has 0 amide bonds. The Hall–Kier alpha value is -1.53. The van der Waals surface area contributed by atoms with E-state index in [4.69, 9.17) is 5.73 Å². The number of nitrogens with zero attached hydrogens (tertiary/aromatic N) is 3. The van der Waals surface area contributed by atoms with Gasteiger partial charge in [0.15, 0.2) is 0 Å². The Morgan fingerprint density at radius 1 is 1.30 bits per heavy atom. The van der Waals surface area contributed by atoms with Crippen LogP contribution in [0.25, 0.3) is 0 Å². The molecule has 0 aromatic carbocycles. The molecule has 1 aliphatic carbocycles. The van der Waals surface area contributed by atoms with Crippen LogP contribution >= 0.6 is 0 Å². The van der Waals surface area contributed by atoms with Crippen molar-refractivity contribution >= 4 is 11.6 Å². The van der Waals surface area contributed by atoms with Gasteiger partial charge in [0.05, 0.1) is 0 Å². The smallest absolute Gasteiger partial charge is 0.383 e. The fourth-order valence-corrected chi connectivity index (χ4v) is 2.03. The lowest BCUT2D eigenvalue weighted by Crippen LogP contribution is -2.37. The lowest BCUT2D eigenvalue weighted by atomic mass is 10.2. The van der Waals surface area contributed by atoms with Crippen molar-refractivity contribution < 1.29 is 13.2 Å². The second kappa shape index (κ2) is 5.10. The van der Waals surface area contributed by atoms with E-state index in [2.05, 4.69) is 9.97 Å². The quantitative estimate of drug-likeness (QED) is 0.925. The largest absolute Gasteiger partial charge is 0.405 e. The summed E-state index contributed by atoms with van der Waals surface area (Å²) < 4.78 is 38.3. The Kier molecular flexibility index (Phi) is 3.80. The van der Waals surface area contributed by atoms with Crippen LogP contribution in [0.4, 0.5) is 24.8 Å². The number of anilines is 2. The number of hydrogen-bond acceptors (Lipinski definition) is 4. The van der Waals surface area contributed by atoms with Crippen molar-refractivity contribution in [2.75, 3.05) is 17.2 Å². The fraction of sp³-hybridized carbons (Fsp3) is 0.692. The van der Waals surface area contributed by atoms with Gasteiger partial charge in [-0.3, -0.25) is 0 Å². The maximum atomic E-state index is 12.8. The lowest BCUT2D eigenvalue weighted by Gasteiger charge is -2.27. The third-order valence-corrected chi connectivity index (χ3v) is 3.30. The molecule has 1 fully saturated rings. The Morgan fingerprint density at radius 3 is 2.35 bits per heavy atom. The molecule has 1 aromatic heterocycles. The number of rotatable bonds is 4. The van der Waals surface area contributed by atoms with E-state index in [0.29, 0.717) is 17.2 Å². The second-order valence-electron chi connectivity index (χ2n) is 5.54. The summed E-state index contributed by atoms with van der Waals surface area (Å²) >= 11 is 0. The zero-order valence-corrected chi connectivity index (χ0v) is 11.8. The molecule has 0 radical (unpaired) electrons. The van der Waals surface area contributed by atoms with E-state index in [1.807, 2.05) is 13.8 Å². The molecule has 2 N–H and O–H groups in total. The van der Waals surface area contributed by atoms with E-state index in [1.165, 1.54) is 4.90 Å². The monoisotopic (exact) mass is 288 g/mol. The SMILES string of the molecule is Cc1c(N)nc(C(C)C)nc1N(CC(F)(F)F)C1CC1. The number of nitrogens with two attached hydrogens (primary N) is 1. The van der Waals surface area contributed by atoms with Crippen molar-refractivity contribution in [1.82, 2.24) is 9.97 Å². The Balaban J connectivity index is 2.42. The summed E-state index contributed by atoms with van der Waals surface area (Å²) in [6.45, 7) is 4.45. The minimum absolute atomic E-state index is 0.0172. The number of alkyl halides is 3. The van der Waals surface area contributed by atoms with Gasteiger partial charge in [-0.25, -0.2) is 9.97 Å². The van der Waals surface area contributed by atoms with Gasteiger partial charge in [-0.1, -0.05) is 13.8 Å². The van der Waals surface area contributed by atoms with Gasteiger partial charge >= 0.3 is 6.18 Å². The van der Waals surface area contributed by atoms with Crippen LogP contribution in [0.3, 0.4) is 0 Å². The van der Waals surface area contributed by atoms with Gasteiger partial charge < -0.3 is 10.6 Å². The molecule has 1 heterocycles. The first-order valence-electron chi connectivity index (χ1n) is 6.66. The summed E-state index contributed by atoms with van der Waals surface area (Å²) in [5, 5.41) is 0. The van der Waals surface area contributed by atoms with E-state index in [1.54, 1.807) is 6.92 Å². The second-order valence-corrected chi connectivity index (χ2v) is 5.54. The molecule has 0 unspecified atom stereocenters. The zero-order valence-electron chi connectivity index (χ0n) is 11.8. The fourth-order valence-electron chi connectivity index (χ4n) is 2.03. The molecule has 0 saturated heterocycles. The summed E-state index contributed by atoms with van der Waals surface area (Å²) in [4.78, 5) is 9.78. The van der Waals surface area contributed by atoms with E-state index in [0.717, 1.165) is 12.8 Å². The van der Waals surface area contributed by atoms with Crippen LogP contribution in [-0.4, -0.2) is 28.7 Å². The zero-order chi connectivity index (χ0) is 15.1. The molecule has 0 spiro atoms. The molecule has 0 atom stereocenters. The molecule has 1 aromatic rings. The topological polar surface area (TPSA) is 55.0 Å². The van der Waals surface area contributed by atoms with Gasteiger partial charge in [-0.15, -0.1) is 0 Å². The van der Waals surface area contributed by atoms with Crippen LogP contribution < -0.4 is 10.6 Å². The minimum atomic E-state index is -4.26. The van der Waals surface area contributed by atoms with Gasteiger partial charge in [-0.05, 0) is 19.8 Å². The number of hydrogen-bond donors (Lipinski definition) is 1. The van der Waals surface area contributed by atoms with Gasteiger partial charge in [-0.2, -0.15) is 13.2 Å². The maximum absolute atomic E-state index is 12.8. The van der Waals surface area contributed by atoms with Crippen LogP contribution in [0.5, 0.6) is 0 Å². The van der Waals surface area contributed by atoms with Crippen LogP contribution in [-0.2, 0) is 0 Å². The molecule has 2 rings (SSSR count). The molecular weight excluding hydrogens is 269 g/mol. The maximum Gasteiger partial charge on any atom is 0.405 e. The third kappa shape index (κ3) is 3.32. The van der Waals surface area contributed by atoms with Crippen molar-refractivity contribution in [3.05, 3.63) is 11.4 Å². The van der Waals surface area contributed by atoms with Crippen molar-refractivity contribution in [2.45, 2.75) is 51.7 Å². The molecule has 4 nitrogen and oxygen atoms in total. The summed E-state index contributed by atoms with van der Waals surface area (Å²) in [6.07, 6.45) is -2.74. The highest BCUT2D eigenvalue weighted by Crippen LogP contribution is 2.36. The normalized spacial score (nSPS) is 15.8. The first kappa shape index (κ1) is 14.9. The standard InChI is InChI=1S/C13H19F3N4/c1-7(2)11-18-10(17)8(3)12(19-11)20(9-4-5-9)6-13(14,15)16/h7,9H,4-6H2,1-3H3,(H2,17,18,19). The van der Waals surface area contributed by atoms with Crippen molar-refractivity contribution in [1.29, 1.82) is 0 Å².